The predicted octanol–water partition coefficient (Wildman–Crippen LogP) is 1.10. The highest BCUT2D eigenvalue weighted by molar-refractivity contribution is 6.30. The molecule has 1 aromatic carbocycles. The van der Waals surface area contributed by atoms with E-state index in [2.05, 4.69) is 20.5 Å². The number of rotatable bonds is 4. The largest absolute Gasteiger partial charge is 0.387 e. The first-order valence-corrected chi connectivity index (χ1v) is 8.45. The van der Waals surface area contributed by atoms with E-state index in [0.717, 1.165) is 0 Å². The topological polar surface area (TPSA) is 131 Å². The summed E-state index contributed by atoms with van der Waals surface area (Å²) in [5.41, 5.74) is 3.01. The molecular weight excluding hydrogens is 379 g/mol. The Morgan fingerprint density at radius 1 is 1.22 bits per heavy atom. The third kappa shape index (κ3) is 3.01. The van der Waals surface area contributed by atoms with Gasteiger partial charge in [-0.05, 0) is 17.7 Å². The zero-order valence-corrected chi connectivity index (χ0v) is 14.5. The predicted molar refractivity (Wildman–Crippen MR) is 94.4 cm³/mol. The molecule has 4 rings (SSSR count). The fraction of sp³-hybridized carbons (Fsp3) is 0.312. The second kappa shape index (κ2) is 6.98. The van der Waals surface area contributed by atoms with Crippen LogP contribution in [0.15, 0.2) is 36.8 Å². The van der Waals surface area contributed by atoms with E-state index in [-0.39, 0.29) is 5.56 Å². The van der Waals surface area contributed by atoms with Crippen molar-refractivity contribution in [3.63, 3.8) is 0 Å². The zero-order valence-electron chi connectivity index (χ0n) is 13.8. The summed E-state index contributed by atoms with van der Waals surface area (Å²) in [5.74, 6) is 5.74. The van der Waals surface area contributed by atoms with Crippen LogP contribution in [0.25, 0.3) is 11.0 Å². The Bertz CT molecular complexity index is 955. The van der Waals surface area contributed by atoms with Gasteiger partial charge in [0, 0.05) is 5.02 Å². The summed E-state index contributed by atoms with van der Waals surface area (Å²) in [6, 6.07) is 6.08. The van der Waals surface area contributed by atoms with Crippen molar-refractivity contribution in [1.82, 2.24) is 19.7 Å². The van der Waals surface area contributed by atoms with Gasteiger partial charge in [-0.3, -0.25) is 0 Å². The molecule has 3 heterocycles. The Hall–Kier alpha value is -2.37. The number of nitrogen functional groups attached to an aromatic ring is 1. The Labute approximate surface area is 157 Å². The van der Waals surface area contributed by atoms with Crippen LogP contribution in [-0.2, 0) is 4.74 Å². The number of nitrogens with zero attached hydrogens (tertiary/aromatic N) is 4. The number of aromatic nitrogens is 4. The highest BCUT2D eigenvalue weighted by Crippen LogP contribution is 2.39. The Morgan fingerprint density at radius 2 is 1.96 bits per heavy atom. The molecule has 1 saturated heterocycles. The number of aliphatic hydroxyl groups is 2. The van der Waals surface area contributed by atoms with Gasteiger partial charge in [-0.25, -0.2) is 24.9 Å². The number of ether oxygens (including phenoxy) is 1. The molecule has 0 aliphatic carbocycles. The van der Waals surface area contributed by atoms with Crippen molar-refractivity contribution < 1.29 is 19.3 Å². The van der Waals surface area contributed by atoms with E-state index in [1.807, 2.05) is 0 Å². The molecule has 0 radical (unpaired) electrons. The van der Waals surface area contributed by atoms with Gasteiger partial charge in [0.15, 0.2) is 23.9 Å². The lowest BCUT2D eigenvalue weighted by Crippen LogP contribution is -2.33. The van der Waals surface area contributed by atoms with Gasteiger partial charge in [0.05, 0.1) is 11.6 Å². The number of hydrogen-bond acceptors (Lipinski definition) is 8. The van der Waals surface area contributed by atoms with Gasteiger partial charge < -0.3 is 20.4 Å². The minimum atomic E-state index is -1.67. The zero-order chi connectivity index (χ0) is 19.1. The van der Waals surface area contributed by atoms with Gasteiger partial charge in [-0.2, -0.15) is 5.10 Å². The van der Waals surface area contributed by atoms with E-state index in [1.54, 1.807) is 0 Å². The van der Waals surface area contributed by atoms with Crippen LogP contribution in [0.3, 0.4) is 0 Å². The highest BCUT2D eigenvalue weighted by Gasteiger charge is 2.48. The number of benzene rings is 1. The summed E-state index contributed by atoms with van der Waals surface area (Å²) in [6.45, 7) is 0. The number of hydrogen-bond donors (Lipinski definition) is 4. The summed E-state index contributed by atoms with van der Waals surface area (Å²) < 4.78 is 21.8. The Balaban J connectivity index is 1.65. The van der Waals surface area contributed by atoms with Crippen molar-refractivity contribution in [3.05, 3.63) is 47.4 Å². The maximum Gasteiger partial charge on any atom is 0.181 e. The standard InChI is InChI=1S/C16H16ClFN6O3/c17-8-3-1-7(2-4-8)10(18)13-11(25)12(26)16(27-13)24-15-9(5-22-24)14(23-19)20-6-21-15/h1-6,10-13,16,25-26H,19H2,(H,20,21,23)/t10-,11+,12-,13-,16-/m1/s1. The van der Waals surface area contributed by atoms with Crippen LogP contribution in [0.4, 0.5) is 10.2 Å². The Kier molecular flexibility index (Phi) is 4.66. The third-order valence-electron chi connectivity index (χ3n) is 4.52. The molecular formula is C16H16ClFN6O3. The SMILES string of the molecule is NNc1ncnc2c1cnn2[C@@H]1O[C@H]([C@H](F)c2ccc(Cl)cc2)[C@@H](O)[C@H]1O. The molecule has 5 N–H and O–H groups in total. The van der Waals surface area contributed by atoms with Crippen LogP contribution < -0.4 is 11.3 Å². The number of nitrogens with two attached hydrogens (primary N) is 1. The molecule has 0 spiro atoms. The van der Waals surface area contributed by atoms with Gasteiger partial charge in [-0.1, -0.05) is 23.7 Å². The number of nitrogens with one attached hydrogen (secondary N) is 1. The molecule has 0 unspecified atom stereocenters. The second-order valence-corrected chi connectivity index (χ2v) is 6.56. The normalized spacial score (nSPS) is 26.4. The quantitative estimate of drug-likeness (QED) is 0.382. The number of fused-ring (bicyclic) bond motifs is 1. The molecule has 9 nitrogen and oxygen atoms in total. The minimum absolute atomic E-state index is 0.276. The Morgan fingerprint density at radius 3 is 2.67 bits per heavy atom. The van der Waals surface area contributed by atoms with Crippen LogP contribution in [0, 0.1) is 0 Å². The first-order chi connectivity index (χ1) is 13.0. The van der Waals surface area contributed by atoms with Crippen molar-refractivity contribution in [2.75, 3.05) is 5.43 Å². The molecule has 3 aromatic rings. The lowest BCUT2D eigenvalue weighted by molar-refractivity contribution is -0.0676. The van der Waals surface area contributed by atoms with Gasteiger partial charge in [0.2, 0.25) is 0 Å². The summed E-state index contributed by atoms with van der Waals surface area (Å²) in [6.07, 6.45) is -4.27. The molecule has 2 aromatic heterocycles. The van der Waals surface area contributed by atoms with E-state index in [4.69, 9.17) is 22.2 Å². The summed E-state index contributed by atoms with van der Waals surface area (Å²) in [7, 11) is 0. The minimum Gasteiger partial charge on any atom is -0.387 e. The van der Waals surface area contributed by atoms with Gasteiger partial charge in [-0.15, -0.1) is 0 Å². The maximum atomic E-state index is 14.9. The van der Waals surface area contributed by atoms with E-state index >= 15 is 0 Å². The lowest BCUT2D eigenvalue weighted by atomic mass is 10.0. The number of alkyl halides is 1. The molecule has 1 aliphatic heterocycles. The molecule has 142 valence electrons. The molecule has 1 aliphatic rings. The monoisotopic (exact) mass is 394 g/mol. The van der Waals surface area contributed by atoms with Crippen molar-refractivity contribution in [2.45, 2.75) is 30.7 Å². The highest BCUT2D eigenvalue weighted by atomic mass is 35.5. The summed E-state index contributed by atoms with van der Waals surface area (Å²) in [5, 5.41) is 25.8. The number of hydrazine groups is 1. The second-order valence-electron chi connectivity index (χ2n) is 6.12. The van der Waals surface area contributed by atoms with Crippen LogP contribution in [-0.4, -0.2) is 48.3 Å². The van der Waals surface area contributed by atoms with Crippen LogP contribution >= 0.6 is 11.6 Å². The number of aliphatic hydroxyl groups excluding tert-OH is 2. The molecule has 0 bridgehead atoms. The van der Waals surface area contributed by atoms with Crippen LogP contribution in [0.2, 0.25) is 5.02 Å². The van der Waals surface area contributed by atoms with E-state index in [1.165, 1.54) is 41.5 Å². The molecule has 27 heavy (non-hydrogen) atoms. The number of anilines is 1. The fourth-order valence-electron chi connectivity index (χ4n) is 3.13. The van der Waals surface area contributed by atoms with Crippen molar-refractivity contribution in [3.8, 4) is 0 Å². The van der Waals surface area contributed by atoms with Crippen LogP contribution in [0.1, 0.15) is 18.0 Å². The third-order valence-corrected chi connectivity index (χ3v) is 4.77. The van der Waals surface area contributed by atoms with Crippen molar-refractivity contribution >= 4 is 28.5 Å². The lowest BCUT2D eigenvalue weighted by Gasteiger charge is -2.19. The fourth-order valence-corrected chi connectivity index (χ4v) is 3.26. The molecule has 5 atom stereocenters. The molecule has 11 heteroatoms. The summed E-state index contributed by atoms with van der Waals surface area (Å²) >= 11 is 5.82. The van der Waals surface area contributed by atoms with Gasteiger partial charge in [0.25, 0.3) is 0 Å². The molecule has 0 amide bonds. The van der Waals surface area contributed by atoms with Crippen molar-refractivity contribution in [1.29, 1.82) is 0 Å². The average Bonchev–Trinajstić information content (AvgIpc) is 3.23. The molecule has 0 saturated carbocycles. The van der Waals surface area contributed by atoms with E-state index < -0.39 is 30.7 Å². The van der Waals surface area contributed by atoms with E-state index in [0.29, 0.717) is 21.9 Å². The van der Waals surface area contributed by atoms with Crippen LogP contribution in [0.5, 0.6) is 0 Å². The average molecular weight is 395 g/mol. The van der Waals surface area contributed by atoms with Crippen molar-refractivity contribution in [2.24, 2.45) is 5.84 Å². The molecule has 1 fully saturated rings. The van der Waals surface area contributed by atoms with Gasteiger partial charge in [0.1, 0.15) is 24.6 Å². The van der Waals surface area contributed by atoms with Gasteiger partial charge >= 0.3 is 0 Å². The first-order valence-electron chi connectivity index (χ1n) is 8.07. The first kappa shape index (κ1) is 18.0. The maximum absolute atomic E-state index is 14.9. The van der Waals surface area contributed by atoms with E-state index in [9.17, 15) is 14.6 Å². The summed E-state index contributed by atoms with van der Waals surface area (Å²) in [4.78, 5) is 8.07. The number of halogens is 2. The smallest absolute Gasteiger partial charge is 0.181 e.